The summed E-state index contributed by atoms with van der Waals surface area (Å²) in [6, 6.07) is 0. The molecule has 1 heterocycles. The van der Waals surface area contributed by atoms with E-state index in [1.54, 1.807) is 6.26 Å². The topological polar surface area (TPSA) is 53.6 Å². The summed E-state index contributed by atoms with van der Waals surface area (Å²) in [6.07, 6.45) is 3.51. The molecule has 0 radical (unpaired) electrons. The standard InChI is InChI=1S/C11H16O3/c1-2-3-7-6-14-11-5-10(13)9(12)4-8(7)11/h6,9-10,12-13H,2-5H2,1H3/t9-,10-/m1/s1. The maximum absolute atomic E-state index is 9.54. The summed E-state index contributed by atoms with van der Waals surface area (Å²) in [5, 5.41) is 19.0. The van der Waals surface area contributed by atoms with Gasteiger partial charge >= 0.3 is 0 Å². The highest BCUT2D eigenvalue weighted by Crippen LogP contribution is 2.27. The van der Waals surface area contributed by atoms with Crippen molar-refractivity contribution < 1.29 is 14.6 Å². The maximum atomic E-state index is 9.54. The number of hydrogen-bond acceptors (Lipinski definition) is 3. The number of hydrogen-bond donors (Lipinski definition) is 2. The van der Waals surface area contributed by atoms with Crippen molar-refractivity contribution in [3.63, 3.8) is 0 Å². The fourth-order valence-electron chi connectivity index (χ4n) is 2.03. The molecule has 2 rings (SSSR count). The normalized spacial score (nSPS) is 26.2. The molecular formula is C11H16O3. The number of fused-ring (bicyclic) bond motifs is 1. The highest BCUT2D eigenvalue weighted by molar-refractivity contribution is 5.32. The second kappa shape index (κ2) is 3.75. The van der Waals surface area contributed by atoms with Crippen molar-refractivity contribution in [2.24, 2.45) is 0 Å². The fraction of sp³-hybridized carbons (Fsp3) is 0.636. The van der Waals surface area contributed by atoms with Crippen molar-refractivity contribution in [3.8, 4) is 0 Å². The average Bonchev–Trinajstić information content (AvgIpc) is 2.51. The lowest BCUT2D eigenvalue weighted by molar-refractivity contribution is 0.0101. The van der Waals surface area contributed by atoms with Crippen LogP contribution in [-0.4, -0.2) is 22.4 Å². The van der Waals surface area contributed by atoms with Gasteiger partial charge in [-0.15, -0.1) is 0 Å². The third-order valence-corrected chi connectivity index (χ3v) is 2.84. The Labute approximate surface area is 83.4 Å². The zero-order valence-electron chi connectivity index (χ0n) is 8.36. The van der Waals surface area contributed by atoms with Crippen LogP contribution in [0.15, 0.2) is 10.7 Å². The molecule has 1 aromatic heterocycles. The Hall–Kier alpha value is -0.800. The molecule has 0 spiro atoms. The first-order valence-corrected chi connectivity index (χ1v) is 5.16. The predicted octanol–water partition coefficient (Wildman–Crippen LogP) is 1.05. The van der Waals surface area contributed by atoms with Gasteiger partial charge in [0.2, 0.25) is 0 Å². The minimum atomic E-state index is -0.664. The molecule has 1 aliphatic carbocycles. The Morgan fingerprint density at radius 1 is 1.36 bits per heavy atom. The Balaban J connectivity index is 2.26. The van der Waals surface area contributed by atoms with Crippen LogP contribution in [0.4, 0.5) is 0 Å². The van der Waals surface area contributed by atoms with Crippen molar-refractivity contribution in [3.05, 3.63) is 23.2 Å². The molecule has 0 unspecified atom stereocenters. The summed E-state index contributed by atoms with van der Waals surface area (Å²) in [5.41, 5.74) is 2.30. The van der Waals surface area contributed by atoms with Crippen LogP contribution in [-0.2, 0) is 19.3 Å². The number of aliphatic hydroxyl groups is 2. The first-order valence-electron chi connectivity index (χ1n) is 5.16. The van der Waals surface area contributed by atoms with E-state index in [-0.39, 0.29) is 0 Å². The van der Waals surface area contributed by atoms with E-state index >= 15 is 0 Å². The Morgan fingerprint density at radius 2 is 2.07 bits per heavy atom. The second-order valence-electron chi connectivity index (χ2n) is 3.96. The van der Waals surface area contributed by atoms with Gasteiger partial charge in [-0.1, -0.05) is 13.3 Å². The lowest BCUT2D eigenvalue weighted by Crippen LogP contribution is -2.34. The van der Waals surface area contributed by atoms with Gasteiger partial charge in [0, 0.05) is 12.8 Å². The predicted molar refractivity (Wildman–Crippen MR) is 52.1 cm³/mol. The van der Waals surface area contributed by atoms with E-state index in [1.807, 2.05) is 0 Å². The summed E-state index contributed by atoms with van der Waals surface area (Å²) in [5.74, 6) is 0.853. The molecule has 0 bridgehead atoms. The van der Waals surface area contributed by atoms with Gasteiger partial charge in [0.05, 0.1) is 18.5 Å². The highest BCUT2D eigenvalue weighted by atomic mass is 16.3. The first-order chi connectivity index (χ1) is 6.72. The summed E-state index contributed by atoms with van der Waals surface area (Å²) in [7, 11) is 0. The highest BCUT2D eigenvalue weighted by Gasteiger charge is 2.29. The van der Waals surface area contributed by atoms with Gasteiger partial charge in [0.1, 0.15) is 5.76 Å². The van der Waals surface area contributed by atoms with Gasteiger partial charge in [-0.3, -0.25) is 0 Å². The second-order valence-corrected chi connectivity index (χ2v) is 3.96. The van der Waals surface area contributed by atoms with Gasteiger partial charge in [-0.25, -0.2) is 0 Å². The number of aliphatic hydroxyl groups excluding tert-OH is 2. The lowest BCUT2D eigenvalue weighted by atomic mass is 9.90. The van der Waals surface area contributed by atoms with Crippen LogP contribution in [0.3, 0.4) is 0 Å². The Kier molecular flexibility index (Phi) is 2.61. The number of aryl methyl sites for hydroxylation is 1. The zero-order valence-corrected chi connectivity index (χ0v) is 8.36. The lowest BCUT2D eigenvalue weighted by Gasteiger charge is -2.22. The van der Waals surface area contributed by atoms with Crippen molar-refractivity contribution in [2.45, 2.75) is 44.8 Å². The summed E-state index contributed by atoms with van der Waals surface area (Å²) in [6.45, 7) is 2.12. The van der Waals surface area contributed by atoms with Gasteiger partial charge in [0.25, 0.3) is 0 Å². The first kappa shape index (κ1) is 9.74. The summed E-state index contributed by atoms with van der Waals surface area (Å²) in [4.78, 5) is 0. The molecule has 0 fully saturated rings. The molecule has 2 N–H and O–H groups in total. The Morgan fingerprint density at radius 3 is 2.79 bits per heavy atom. The molecule has 0 amide bonds. The third-order valence-electron chi connectivity index (χ3n) is 2.84. The van der Waals surface area contributed by atoms with E-state index in [2.05, 4.69) is 6.92 Å². The third kappa shape index (κ3) is 1.57. The maximum Gasteiger partial charge on any atom is 0.110 e. The van der Waals surface area contributed by atoms with Gasteiger partial charge < -0.3 is 14.6 Å². The van der Waals surface area contributed by atoms with E-state index in [1.165, 1.54) is 5.56 Å². The van der Waals surface area contributed by atoms with Crippen LogP contribution < -0.4 is 0 Å². The molecule has 0 saturated carbocycles. The van der Waals surface area contributed by atoms with Crippen LogP contribution in [0, 0.1) is 0 Å². The van der Waals surface area contributed by atoms with E-state index in [4.69, 9.17) is 4.42 Å². The number of furan rings is 1. The van der Waals surface area contributed by atoms with Gasteiger partial charge in [-0.05, 0) is 17.5 Å². The average molecular weight is 196 g/mol. The van der Waals surface area contributed by atoms with Crippen molar-refractivity contribution in [1.82, 2.24) is 0 Å². The van der Waals surface area contributed by atoms with Crippen molar-refractivity contribution >= 4 is 0 Å². The van der Waals surface area contributed by atoms with Crippen LogP contribution in [0.1, 0.15) is 30.2 Å². The molecule has 1 aliphatic rings. The molecule has 0 aromatic carbocycles. The van der Waals surface area contributed by atoms with Gasteiger partial charge in [-0.2, -0.15) is 0 Å². The minimum absolute atomic E-state index is 0.445. The molecule has 3 nitrogen and oxygen atoms in total. The minimum Gasteiger partial charge on any atom is -0.469 e. The van der Waals surface area contributed by atoms with E-state index in [0.717, 1.165) is 24.2 Å². The van der Waals surface area contributed by atoms with Crippen LogP contribution in [0.25, 0.3) is 0 Å². The van der Waals surface area contributed by atoms with Crippen LogP contribution >= 0.6 is 0 Å². The van der Waals surface area contributed by atoms with Crippen LogP contribution in [0.2, 0.25) is 0 Å². The summed E-state index contributed by atoms with van der Waals surface area (Å²) < 4.78 is 5.39. The van der Waals surface area contributed by atoms with E-state index in [9.17, 15) is 10.2 Å². The van der Waals surface area contributed by atoms with E-state index in [0.29, 0.717) is 12.8 Å². The monoisotopic (exact) mass is 196 g/mol. The SMILES string of the molecule is CCCc1coc2c1C[C@@H](O)[C@H](O)C2. The van der Waals surface area contributed by atoms with E-state index < -0.39 is 12.2 Å². The van der Waals surface area contributed by atoms with Crippen LogP contribution in [0.5, 0.6) is 0 Å². The van der Waals surface area contributed by atoms with Crippen molar-refractivity contribution in [1.29, 1.82) is 0 Å². The zero-order chi connectivity index (χ0) is 10.1. The molecule has 78 valence electrons. The fourth-order valence-corrected chi connectivity index (χ4v) is 2.03. The molecule has 3 heteroatoms. The molecule has 0 saturated heterocycles. The molecule has 0 aliphatic heterocycles. The molecule has 2 atom stereocenters. The largest absolute Gasteiger partial charge is 0.469 e. The Bertz CT molecular complexity index is 303. The van der Waals surface area contributed by atoms with Crippen molar-refractivity contribution in [2.75, 3.05) is 0 Å². The number of rotatable bonds is 2. The molecule has 1 aromatic rings. The van der Waals surface area contributed by atoms with Gasteiger partial charge in [0.15, 0.2) is 0 Å². The smallest absolute Gasteiger partial charge is 0.110 e. The summed E-state index contributed by atoms with van der Waals surface area (Å²) >= 11 is 0. The molecule has 14 heavy (non-hydrogen) atoms. The quantitative estimate of drug-likeness (QED) is 0.743. The molecular weight excluding hydrogens is 180 g/mol.